The summed E-state index contributed by atoms with van der Waals surface area (Å²) in [5.41, 5.74) is 3.64. The van der Waals surface area contributed by atoms with Crippen molar-refractivity contribution >= 4 is 5.82 Å². The molecule has 2 N–H and O–H groups in total. The topological polar surface area (TPSA) is 94.8 Å². The minimum absolute atomic E-state index is 0.196. The number of nitrogens with one attached hydrogen (secondary N) is 1. The summed E-state index contributed by atoms with van der Waals surface area (Å²) in [4.78, 5) is 21.4. The average molecular weight is 403 g/mol. The van der Waals surface area contributed by atoms with E-state index in [0.717, 1.165) is 19.3 Å². The van der Waals surface area contributed by atoms with Gasteiger partial charge in [0, 0.05) is 6.20 Å². The van der Waals surface area contributed by atoms with Crippen LogP contribution in [0.3, 0.4) is 0 Å². The monoisotopic (exact) mass is 403 g/mol. The standard InChI is InChI=1S/C21H29N3O5/c25-15-20-27-16-19(29-20)24-13-12-18(22-21(24)26)23-28-14-8-3-1-2-5-9-17-10-6-4-7-11-17/h4,6-7,10-13,19-20,25H,1-3,5,8-9,14-16H2,(H,22,23,26)/t19-,20-/m0/s1. The van der Waals surface area contributed by atoms with E-state index in [1.807, 2.05) is 6.07 Å². The third-order valence-electron chi connectivity index (χ3n) is 4.75. The van der Waals surface area contributed by atoms with Crippen molar-refractivity contribution in [1.29, 1.82) is 0 Å². The first-order valence-electron chi connectivity index (χ1n) is 10.1. The SMILES string of the molecule is O=c1nc(NOCCCCCCCc2ccccc2)ccn1[C@@H]1CO[C@H](CO)O1. The van der Waals surface area contributed by atoms with Crippen LogP contribution in [0.4, 0.5) is 5.82 Å². The molecule has 2 heterocycles. The number of aliphatic hydroxyl groups is 1. The van der Waals surface area contributed by atoms with Gasteiger partial charge in [0.25, 0.3) is 0 Å². The number of ether oxygens (including phenoxy) is 2. The Labute approximate surface area is 170 Å². The maximum absolute atomic E-state index is 12.1. The van der Waals surface area contributed by atoms with Gasteiger partial charge < -0.3 is 14.6 Å². The molecular weight excluding hydrogens is 374 g/mol. The van der Waals surface area contributed by atoms with Crippen LogP contribution in [0, 0.1) is 0 Å². The van der Waals surface area contributed by atoms with Gasteiger partial charge in [-0.2, -0.15) is 4.98 Å². The number of nitrogens with zero attached hydrogens (tertiary/aromatic N) is 2. The highest BCUT2D eigenvalue weighted by Crippen LogP contribution is 2.19. The van der Waals surface area contributed by atoms with Crippen molar-refractivity contribution in [3.05, 3.63) is 58.6 Å². The Kier molecular flexibility index (Phi) is 8.63. The molecule has 1 aromatic carbocycles. The second-order valence-corrected chi connectivity index (χ2v) is 6.99. The Morgan fingerprint density at radius 1 is 1.14 bits per heavy atom. The van der Waals surface area contributed by atoms with E-state index in [9.17, 15) is 4.79 Å². The summed E-state index contributed by atoms with van der Waals surface area (Å²) in [6, 6.07) is 12.2. The van der Waals surface area contributed by atoms with Gasteiger partial charge in [0.1, 0.15) is 0 Å². The molecule has 0 bridgehead atoms. The van der Waals surface area contributed by atoms with Gasteiger partial charge in [0.2, 0.25) is 0 Å². The van der Waals surface area contributed by atoms with Crippen molar-refractivity contribution in [2.24, 2.45) is 0 Å². The lowest BCUT2D eigenvalue weighted by atomic mass is 10.1. The second kappa shape index (κ2) is 11.7. The molecule has 2 aromatic rings. The molecule has 0 amide bonds. The number of aromatic nitrogens is 2. The Balaban J connectivity index is 1.26. The van der Waals surface area contributed by atoms with Crippen LogP contribution >= 0.6 is 0 Å². The third-order valence-corrected chi connectivity index (χ3v) is 4.75. The van der Waals surface area contributed by atoms with Gasteiger partial charge in [0.15, 0.2) is 18.3 Å². The van der Waals surface area contributed by atoms with E-state index in [1.54, 1.807) is 12.3 Å². The van der Waals surface area contributed by atoms with Crippen molar-refractivity contribution in [3.63, 3.8) is 0 Å². The van der Waals surface area contributed by atoms with E-state index in [0.29, 0.717) is 12.4 Å². The quantitative estimate of drug-likeness (QED) is 0.415. The maximum atomic E-state index is 12.1. The number of aliphatic hydroxyl groups excluding tert-OH is 1. The second-order valence-electron chi connectivity index (χ2n) is 6.99. The molecular formula is C21H29N3O5. The number of benzene rings is 1. The molecule has 3 rings (SSSR count). The van der Waals surface area contributed by atoms with Crippen LogP contribution in [-0.4, -0.2) is 40.8 Å². The molecule has 8 heteroatoms. The van der Waals surface area contributed by atoms with Crippen LogP contribution in [0.5, 0.6) is 0 Å². The predicted octanol–water partition coefficient (Wildman–Crippen LogP) is 2.64. The normalized spacial score (nSPS) is 18.8. The fraction of sp³-hybridized carbons (Fsp3) is 0.524. The van der Waals surface area contributed by atoms with Crippen molar-refractivity contribution in [1.82, 2.24) is 9.55 Å². The number of unbranched alkanes of at least 4 members (excludes halogenated alkanes) is 4. The van der Waals surface area contributed by atoms with Gasteiger partial charge in [-0.05, 0) is 30.9 Å². The van der Waals surface area contributed by atoms with E-state index in [2.05, 4.69) is 34.7 Å². The van der Waals surface area contributed by atoms with Crippen molar-refractivity contribution in [2.45, 2.75) is 51.0 Å². The van der Waals surface area contributed by atoms with Crippen LogP contribution in [0.25, 0.3) is 0 Å². The van der Waals surface area contributed by atoms with Gasteiger partial charge in [-0.3, -0.25) is 9.40 Å². The summed E-state index contributed by atoms with van der Waals surface area (Å²) < 4.78 is 11.9. The molecule has 0 unspecified atom stereocenters. The summed E-state index contributed by atoms with van der Waals surface area (Å²) in [6.45, 7) is 0.502. The molecule has 0 spiro atoms. The molecule has 1 aromatic heterocycles. The Morgan fingerprint density at radius 3 is 2.69 bits per heavy atom. The molecule has 0 radical (unpaired) electrons. The first-order valence-corrected chi connectivity index (χ1v) is 10.1. The Hall–Kier alpha value is -2.26. The molecule has 2 atom stereocenters. The average Bonchev–Trinajstić information content (AvgIpc) is 3.22. The Bertz CT molecular complexity index is 783. The highest BCUT2D eigenvalue weighted by molar-refractivity contribution is 5.28. The molecule has 0 aliphatic carbocycles. The highest BCUT2D eigenvalue weighted by Gasteiger charge is 2.27. The first kappa shape index (κ1) is 21.4. The first-order chi connectivity index (χ1) is 14.3. The fourth-order valence-corrected chi connectivity index (χ4v) is 3.18. The zero-order valence-corrected chi connectivity index (χ0v) is 16.5. The molecule has 1 aliphatic rings. The molecule has 158 valence electrons. The summed E-state index contributed by atoms with van der Waals surface area (Å²) in [5.74, 6) is 0.353. The van der Waals surface area contributed by atoms with E-state index in [1.165, 1.54) is 29.4 Å². The minimum atomic E-state index is -0.702. The summed E-state index contributed by atoms with van der Waals surface area (Å²) in [6.07, 6.45) is 7.08. The molecule has 1 saturated heterocycles. The Morgan fingerprint density at radius 2 is 1.93 bits per heavy atom. The minimum Gasteiger partial charge on any atom is -0.391 e. The van der Waals surface area contributed by atoms with Crippen LogP contribution < -0.4 is 11.2 Å². The van der Waals surface area contributed by atoms with E-state index >= 15 is 0 Å². The number of hydrogen-bond acceptors (Lipinski definition) is 7. The van der Waals surface area contributed by atoms with E-state index in [-0.39, 0.29) is 13.2 Å². The van der Waals surface area contributed by atoms with E-state index in [4.69, 9.17) is 19.4 Å². The summed E-state index contributed by atoms with van der Waals surface area (Å²) in [7, 11) is 0. The predicted molar refractivity (Wildman–Crippen MR) is 108 cm³/mol. The summed E-state index contributed by atoms with van der Waals surface area (Å²) in [5, 5.41) is 9.01. The van der Waals surface area contributed by atoms with E-state index < -0.39 is 18.2 Å². The molecule has 1 aliphatic heterocycles. The maximum Gasteiger partial charge on any atom is 0.351 e. The number of anilines is 1. The molecule has 29 heavy (non-hydrogen) atoms. The zero-order valence-electron chi connectivity index (χ0n) is 16.5. The van der Waals surface area contributed by atoms with Crippen LogP contribution in [0.1, 0.15) is 43.9 Å². The van der Waals surface area contributed by atoms with Crippen molar-refractivity contribution in [2.75, 3.05) is 25.3 Å². The lowest BCUT2D eigenvalue weighted by molar-refractivity contribution is -0.0992. The molecule has 1 fully saturated rings. The van der Waals surface area contributed by atoms with Crippen LogP contribution in [0.15, 0.2) is 47.4 Å². The van der Waals surface area contributed by atoms with Crippen LogP contribution in [-0.2, 0) is 20.7 Å². The number of aryl methyl sites for hydroxylation is 1. The fourth-order valence-electron chi connectivity index (χ4n) is 3.18. The van der Waals surface area contributed by atoms with Gasteiger partial charge in [-0.1, -0.05) is 49.6 Å². The largest absolute Gasteiger partial charge is 0.391 e. The lowest BCUT2D eigenvalue weighted by Crippen LogP contribution is -2.29. The highest BCUT2D eigenvalue weighted by atomic mass is 16.7. The van der Waals surface area contributed by atoms with Crippen LogP contribution in [0.2, 0.25) is 0 Å². The van der Waals surface area contributed by atoms with Gasteiger partial charge in [-0.25, -0.2) is 10.3 Å². The lowest BCUT2D eigenvalue weighted by Gasteiger charge is -2.13. The smallest absolute Gasteiger partial charge is 0.351 e. The zero-order chi connectivity index (χ0) is 20.3. The molecule has 0 saturated carbocycles. The van der Waals surface area contributed by atoms with Gasteiger partial charge >= 0.3 is 5.69 Å². The summed E-state index contributed by atoms with van der Waals surface area (Å²) >= 11 is 0. The van der Waals surface area contributed by atoms with Gasteiger partial charge in [0.05, 0.1) is 19.8 Å². The van der Waals surface area contributed by atoms with Crippen molar-refractivity contribution in [3.8, 4) is 0 Å². The van der Waals surface area contributed by atoms with Crippen molar-refractivity contribution < 1.29 is 19.4 Å². The third kappa shape index (κ3) is 6.93. The molecule has 8 nitrogen and oxygen atoms in total. The van der Waals surface area contributed by atoms with Gasteiger partial charge in [-0.15, -0.1) is 0 Å². The number of rotatable bonds is 12. The number of hydrogen-bond donors (Lipinski definition) is 2.